The maximum absolute atomic E-state index is 12.1. The van der Waals surface area contributed by atoms with E-state index in [1.54, 1.807) is 0 Å². The van der Waals surface area contributed by atoms with Crippen molar-refractivity contribution in [1.82, 2.24) is 25.0 Å². The molecule has 0 atom stereocenters. The van der Waals surface area contributed by atoms with Gasteiger partial charge in [0.05, 0.1) is 0 Å². The Balaban J connectivity index is 1.66. The third-order valence-corrected chi connectivity index (χ3v) is 2.88. The van der Waals surface area contributed by atoms with Gasteiger partial charge in [0.2, 0.25) is 0 Å². The maximum Gasteiger partial charge on any atom is 0.573 e. The predicted octanol–water partition coefficient (Wildman–Crippen LogP) is 2.21. The number of nitrogens with zero attached hydrogens (tertiary/aromatic N) is 5. The number of rotatable bonds is 4. The normalized spacial score (nSPS) is 11.2. The first-order valence-corrected chi connectivity index (χ1v) is 6.76. The molecule has 0 aliphatic carbocycles. The topological polar surface area (TPSA) is 94.8 Å². The van der Waals surface area contributed by atoms with Gasteiger partial charge in [0.15, 0.2) is 11.5 Å². The van der Waals surface area contributed by atoms with Crippen molar-refractivity contribution in [2.75, 3.05) is 5.32 Å². The molecule has 0 aliphatic rings. The minimum absolute atomic E-state index is 0.0273. The van der Waals surface area contributed by atoms with Crippen molar-refractivity contribution < 1.29 is 22.7 Å². The van der Waals surface area contributed by atoms with Crippen LogP contribution in [0.3, 0.4) is 0 Å². The van der Waals surface area contributed by atoms with E-state index in [0.717, 1.165) is 12.1 Å². The summed E-state index contributed by atoms with van der Waals surface area (Å²) in [4.78, 5) is 15.8. The van der Waals surface area contributed by atoms with E-state index in [1.807, 2.05) is 0 Å². The smallest absolute Gasteiger partial charge is 0.406 e. The second kappa shape index (κ2) is 6.55. The number of carbonyl (C=O) groups is 1. The van der Waals surface area contributed by atoms with Gasteiger partial charge in [-0.1, -0.05) is 0 Å². The molecule has 25 heavy (non-hydrogen) atoms. The van der Waals surface area contributed by atoms with Gasteiger partial charge in [-0.2, -0.15) is 5.10 Å². The third-order valence-electron chi connectivity index (χ3n) is 2.88. The molecule has 11 heteroatoms. The molecule has 3 aromatic rings. The molecule has 0 unspecified atom stereocenters. The fourth-order valence-corrected chi connectivity index (χ4v) is 1.83. The number of halogens is 3. The molecular formula is C14H9F3N6O2. The van der Waals surface area contributed by atoms with E-state index >= 15 is 0 Å². The molecule has 0 bridgehead atoms. The summed E-state index contributed by atoms with van der Waals surface area (Å²) in [5.74, 6) is -0.577. The zero-order valence-electron chi connectivity index (χ0n) is 12.3. The molecule has 0 fully saturated rings. The van der Waals surface area contributed by atoms with E-state index in [4.69, 9.17) is 0 Å². The monoisotopic (exact) mass is 350 g/mol. The van der Waals surface area contributed by atoms with Crippen LogP contribution >= 0.6 is 0 Å². The molecule has 0 saturated carbocycles. The summed E-state index contributed by atoms with van der Waals surface area (Å²) in [7, 11) is 0. The largest absolute Gasteiger partial charge is 0.573 e. The number of benzene rings is 1. The molecule has 1 N–H and O–H groups in total. The van der Waals surface area contributed by atoms with Crippen LogP contribution in [0.4, 0.5) is 18.9 Å². The van der Waals surface area contributed by atoms with E-state index in [0.29, 0.717) is 5.82 Å². The maximum atomic E-state index is 12.1. The Hall–Kier alpha value is -3.50. The van der Waals surface area contributed by atoms with Gasteiger partial charge in [0.1, 0.15) is 18.4 Å². The van der Waals surface area contributed by atoms with Gasteiger partial charge in [0, 0.05) is 5.69 Å². The molecule has 3 rings (SSSR count). The van der Waals surface area contributed by atoms with E-state index in [1.165, 1.54) is 41.6 Å². The summed E-state index contributed by atoms with van der Waals surface area (Å²) in [6.45, 7) is 0. The minimum atomic E-state index is -4.77. The Morgan fingerprint density at radius 1 is 1.08 bits per heavy atom. The van der Waals surface area contributed by atoms with Gasteiger partial charge < -0.3 is 10.1 Å². The van der Waals surface area contributed by atoms with Crippen LogP contribution in [0.2, 0.25) is 0 Å². The number of carbonyl (C=O) groups excluding carboxylic acids is 1. The van der Waals surface area contributed by atoms with Crippen LogP contribution in [0, 0.1) is 0 Å². The molecule has 0 radical (unpaired) electrons. The van der Waals surface area contributed by atoms with Crippen molar-refractivity contribution in [1.29, 1.82) is 0 Å². The summed E-state index contributed by atoms with van der Waals surface area (Å²) < 4.78 is 41.4. The first-order chi connectivity index (χ1) is 11.9. The van der Waals surface area contributed by atoms with Crippen LogP contribution in [0.1, 0.15) is 10.5 Å². The zero-order valence-corrected chi connectivity index (χ0v) is 12.3. The number of nitrogens with one attached hydrogen (secondary N) is 1. The molecule has 1 amide bonds. The van der Waals surface area contributed by atoms with Gasteiger partial charge in [-0.05, 0) is 36.4 Å². The second-order valence-corrected chi connectivity index (χ2v) is 4.64. The molecule has 1 aromatic carbocycles. The van der Waals surface area contributed by atoms with Gasteiger partial charge in [-0.3, -0.25) is 4.79 Å². The van der Waals surface area contributed by atoms with Crippen molar-refractivity contribution in [3.05, 3.63) is 54.7 Å². The minimum Gasteiger partial charge on any atom is -0.406 e. The molecular weight excluding hydrogens is 341 g/mol. The quantitative estimate of drug-likeness (QED) is 0.775. The van der Waals surface area contributed by atoms with Crippen molar-refractivity contribution in [3.63, 3.8) is 0 Å². The van der Waals surface area contributed by atoms with E-state index in [9.17, 15) is 18.0 Å². The summed E-state index contributed by atoms with van der Waals surface area (Å²) in [6, 6.07) is 7.68. The van der Waals surface area contributed by atoms with Crippen LogP contribution in [-0.2, 0) is 0 Å². The first-order valence-electron chi connectivity index (χ1n) is 6.76. The molecule has 2 aromatic heterocycles. The van der Waals surface area contributed by atoms with Crippen molar-refractivity contribution in [2.24, 2.45) is 0 Å². The summed E-state index contributed by atoms with van der Waals surface area (Å²) >= 11 is 0. The average molecular weight is 350 g/mol. The van der Waals surface area contributed by atoms with Crippen LogP contribution in [-0.4, -0.2) is 37.2 Å². The highest BCUT2D eigenvalue weighted by atomic mass is 19.4. The van der Waals surface area contributed by atoms with E-state index in [-0.39, 0.29) is 17.1 Å². The van der Waals surface area contributed by atoms with Gasteiger partial charge in [-0.15, -0.1) is 23.4 Å². The first kappa shape index (κ1) is 16.4. The van der Waals surface area contributed by atoms with Gasteiger partial charge >= 0.3 is 6.36 Å². The van der Waals surface area contributed by atoms with Crippen molar-refractivity contribution in [2.45, 2.75) is 6.36 Å². The fraction of sp³-hybridized carbons (Fsp3) is 0.0714. The van der Waals surface area contributed by atoms with E-state index in [2.05, 4.69) is 30.3 Å². The lowest BCUT2D eigenvalue weighted by Gasteiger charge is -2.09. The summed E-state index contributed by atoms with van der Waals surface area (Å²) in [5.41, 5.74) is 0.307. The van der Waals surface area contributed by atoms with Gasteiger partial charge in [-0.25, -0.2) is 9.67 Å². The molecule has 8 nitrogen and oxygen atoms in total. The van der Waals surface area contributed by atoms with Crippen LogP contribution in [0.15, 0.2) is 49.1 Å². The molecule has 0 saturated heterocycles. The number of alkyl halides is 3. The van der Waals surface area contributed by atoms with Crippen LogP contribution < -0.4 is 10.1 Å². The SMILES string of the molecule is O=C(Nc1ccc(OC(F)(F)F)cc1)c1ccc(-n2cncn2)nn1. The van der Waals surface area contributed by atoms with Crippen molar-refractivity contribution in [3.8, 4) is 11.6 Å². The average Bonchev–Trinajstić information content (AvgIpc) is 3.10. The summed E-state index contributed by atoms with van der Waals surface area (Å²) in [5, 5.41) is 14.0. The number of ether oxygens (including phenoxy) is 1. The number of hydrogen-bond donors (Lipinski definition) is 1. The number of anilines is 1. The van der Waals surface area contributed by atoms with Crippen LogP contribution in [0.25, 0.3) is 5.82 Å². The molecule has 128 valence electrons. The third kappa shape index (κ3) is 4.28. The summed E-state index contributed by atoms with van der Waals surface area (Å²) in [6.07, 6.45) is -2.02. The lowest BCUT2D eigenvalue weighted by Crippen LogP contribution is -2.17. The van der Waals surface area contributed by atoms with Gasteiger partial charge in [0.25, 0.3) is 5.91 Å². The fourth-order valence-electron chi connectivity index (χ4n) is 1.83. The Kier molecular flexibility index (Phi) is 4.29. The molecule has 0 spiro atoms. The molecule has 0 aliphatic heterocycles. The van der Waals surface area contributed by atoms with E-state index < -0.39 is 12.3 Å². The highest BCUT2D eigenvalue weighted by Crippen LogP contribution is 2.24. The molecule has 2 heterocycles. The standard InChI is InChI=1S/C14H9F3N6O2/c15-14(16,17)25-10-3-1-9(2-4-10)20-13(24)11-5-6-12(22-21-11)23-8-18-7-19-23/h1-8H,(H,20,24). The zero-order chi connectivity index (χ0) is 17.9. The number of amides is 1. The number of hydrogen-bond acceptors (Lipinski definition) is 6. The Morgan fingerprint density at radius 2 is 1.84 bits per heavy atom. The van der Waals surface area contributed by atoms with Crippen molar-refractivity contribution >= 4 is 11.6 Å². The Labute approximate surface area is 138 Å². The lowest BCUT2D eigenvalue weighted by molar-refractivity contribution is -0.274. The Morgan fingerprint density at radius 3 is 2.40 bits per heavy atom. The lowest BCUT2D eigenvalue weighted by atomic mass is 10.3. The highest BCUT2D eigenvalue weighted by molar-refractivity contribution is 6.02. The number of aromatic nitrogens is 5. The highest BCUT2D eigenvalue weighted by Gasteiger charge is 2.30. The Bertz CT molecular complexity index is 848. The predicted molar refractivity (Wildman–Crippen MR) is 78.0 cm³/mol. The van der Waals surface area contributed by atoms with Crippen LogP contribution in [0.5, 0.6) is 5.75 Å². The second-order valence-electron chi connectivity index (χ2n) is 4.64.